The van der Waals surface area contributed by atoms with E-state index in [9.17, 15) is 9.18 Å². The van der Waals surface area contributed by atoms with Gasteiger partial charge in [-0.2, -0.15) is 4.99 Å². The molecule has 0 radical (unpaired) electrons. The maximum Gasteiger partial charge on any atom is 0.350 e. The number of aliphatic imine (C=N–C) groups is 1. The minimum Gasteiger partial charge on any atom is -0.491 e. The Morgan fingerprint density at radius 3 is 2.76 bits per heavy atom. The summed E-state index contributed by atoms with van der Waals surface area (Å²) in [5.41, 5.74) is 1.19. The molecule has 2 unspecified atom stereocenters. The average molecular weight is 507 g/mol. The molecule has 198 valence electrons. The molecule has 1 N–H and O–H groups in total. The second-order valence-corrected chi connectivity index (χ2v) is 11.2. The Morgan fingerprint density at radius 2 is 2.03 bits per heavy atom. The van der Waals surface area contributed by atoms with Crippen LogP contribution < -0.4 is 15.0 Å². The number of halogens is 1. The van der Waals surface area contributed by atoms with Gasteiger partial charge in [-0.15, -0.1) is 0 Å². The number of hydrogen-bond donors (Lipinski definition) is 1. The second kappa shape index (κ2) is 10.4. The van der Waals surface area contributed by atoms with Gasteiger partial charge in [0.2, 0.25) is 0 Å². The van der Waals surface area contributed by atoms with Crippen molar-refractivity contribution in [2.45, 2.75) is 90.1 Å². The number of rotatable bonds is 8. The van der Waals surface area contributed by atoms with Crippen LogP contribution in [0.5, 0.6) is 5.75 Å². The van der Waals surface area contributed by atoms with E-state index in [-0.39, 0.29) is 24.0 Å². The Balaban J connectivity index is 1.38. The third-order valence-electron chi connectivity index (χ3n) is 7.96. The van der Waals surface area contributed by atoms with E-state index < -0.39 is 5.54 Å². The summed E-state index contributed by atoms with van der Waals surface area (Å²) < 4.78 is 20.1. The number of nitrogens with zero attached hydrogens (tertiary/aromatic N) is 3. The van der Waals surface area contributed by atoms with Gasteiger partial charge in [0.15, 0.2) is 0 Å². The molecule has 0 bridgehead atoms. The molecule has 1 saturated carbocycles. The monoisotopic (exact) mass is 506 g/mol. The van der Waals surface area contributed by atoms with Gasteiger partial charge in [0.25, 0.3) is 0 Å². The molecule has 2 amide bonds. The molecule has 2 aliphatic heterocycles. The van der Waals surface area contributed by atoms with Crippen LogP contribution in [0.15, 0.2) is 53.5 Å². The van der Waals surface area contributed by atoms with E-state index in [0.717, 1.165) is 50.4 Å². The van der Waals surface area contributed by atoms with Gasteiger partial charge >= 0.3 is 6.03 Å². The molecule has 37 heavy (non-hydrogen) atoms. The minimum atomic E-state index is -0.594. The zero-order chi connectivity index (χ0) is 26.2. The zero-order valence-electron chi connectivity index (χ0n) is 22.4. The lowest BCUT2D eigenvalue weighted by atomic mass is 9.80. The fraction of sp³-hybridized carbons (Fsp3) is 0.533. The molecular formula is C30H39FN4O2. The summed E-state index contributed by atoms with van der Waals surface area (Å²) >= 11 is 0. The van der Waals surface area contributed by atoms with Crippen LogP contribution in [0, 0.1) is 11.7 Å². The summed E-state index contributed by atoms with van der Waals surface area (Å²) in [7, 11) is 0. The van der Waals surface area contributed by atoms with Crippen LogP contribution >= 0.6 is 0 Å². The molecule has 2 heterocycles. The van der Waals surface area contributed by atoms with Gasteiger partial charge in [0, 0.05) is 30.9 Å². The summed E-state index contributed by atoms with van der Waals surface area (Å²) in [5, 5.41) is 3.66. The predicted molar refractivity (Wildman–Crippen MR) is 146 cm³/mol. The number of benzene rings is 2. The van der Waals surface area contributed by atoms with Crippen LogP contribution in [0.2, 0.25) is 0 Å². The summed E-state index contributed by atoms with van der Waals surface area (Å²) in [4.78, 5) is 22.1. The number of nitrogens with one attached hydrogen (secondary N) is 1. The molecule has 1 spiro atoms. The lowest BCUT2D eigenvalue weighted by Crippen LogP contribution is -2.63. The number of urea groups is 1. The molecule has 7 heteroatoms. The maximum atomic E-state index is 14.2. The Labute approximate surface area is 219 Å². The Morgan fingerprint density at radius 1 is 1.22 bits per heavy atom. The maximum absolute atomic E-state index is 14.2. The van der Waals surface area contributed by atoms with Crippen molar-refractivity contribution in [3.8, 4) is 5.75 Å². The van der Waals surface area contributed by atoms with Gasteiger partial charge in [-0.3, -0.25) is 9.80 Å². The standard InChI is InChI=1S/C30H39FN4O2/c1-5-8-23-16-27(23)32-28-30(35(29(36)33-28)25-11-7-10-24(31)17-25)13-14-34(21(4)18-30)19-22-9-6-12-26(15-22)37-20(2)3/h6-7,9-12,15,17,20-21,23,27H,5,8,13-14,16,18-19H2,1-4H3,(H,32,33,36)/t21-,23?,27?,30+/m0/s1. The number of carbonyl (C=O) groups excluding carboxylic acids is 1. The van der Waals surface area contributed by atoms with E-state index in [4.69, 9.17) is 4.74 Å². The first-order valence-electron chi connectivity index (χ1n) is 13.7. The number of amidine groups is 1. The molecule has 2 aromatic rings. The first-order chi connectivity index (χ1) is 17.8. The van der Waals surface area contributed by atoms with E-state index in [0.29, 0.717) is 17.6 Å². The van der Waals surface area contributed by atoms with Crippen molar-refractivity contribution in [2.24, 2.45) is 10.9 Å². The molecule has 4 atom stereocenters. The van der Waals surface area contributed by atoms with Crippen molar-refractivity contribution in [3.05, 3.63) is 59.9 Å². The number of hydrogen-bond acceptors (Lipinski definition) is 4. The van der Waals surface area contributed by atoms with Crippen LogP contribution in [-0.2, 0) is 6.54 Å². The zero-order valence-corrected chi connectivity index (χ0v) is 22.4. The van der Waals surface area contributed by atoms with Crippen molar-refractivity contribution in [1.29, 1.82) is 0 Å². The first-order valence-corrected chi connectivity index (χ1v) is 13.7. The molecule has 5 rings (SSSR count). The Bertz CT molecular complexity index is 1170. The van der Waals surface area contributed by atoms with E-state index in [2.05, 4.69) is 41.2 Å². The lowest BCUT2D eigenvalue weighted by Gasteiger charge is -2.48. The second-order valence-electron chi connectivity index (χ2n) is 11.2. The van der Waals surface area contributed by atoms with Crippen molar-refractivity contribution < 1.29 is 13.9 Å². The fourth-order valence-corrected chi connectivity index (χ4v) is 6.11. The number of ether oxygens (including phenoxy) is 1. The molecule has 2 fully saturated rings. The molecule has 1 saturated heterocycles. The third-order valence-corrected chi connectivity index (χ3v) is 7.96. The Kier molecular flexibility index (Phi) is 7.26. The number of carbonyl (C=O) groups is 1. The van der Waals surface area contributed by atoms with Crippen LogP contribution in [0.1, 0.15) is 65.4 Å². The lowest BCUT2D eigenvalue weighted by molar-refractivity contribution is 0.122. The highest BCUT2D eigenvalue weighted by Gasteiger charge is 2.55. The summed E-state index contributed by atoms with van der Waals surface area (Å²) in [5.74, 6) is 1.95. The molecular weight excluding hydrogens is 467 g/mol. The van der Waals surface area contributed by atoms with Gasteiger partial charge in [0.05, 0.1) is 6.10 Å². The van der Waals surface area contributed by atoms with Gasteiger partial charge in [-0.25, -0.2) is 9.18 Å². The highest BCUT2D eigenvalue weighted by atomic mass is 19.1. The summed E-state index contributed by atoms with van der Waals surface area (Å²) in [6.45, 7) is 10.1. The van der Waals surface area contributed by atoms with Crippen molar-refractivity contribution in [2.75, 3.05) is 11.4 Å². The number of amides is 2. The Hall–Kier alpha value is -2.93. The molecule has 6 nitrogen and oxygen atoms in total. The highest BCUT2D eigenvalue weighted by Crippen LogP contribution is 2.43. The number of anilines is 1. The van der Waals surface area contributed by atoms with Crippen LogP contribution in [-0.4, -0.2) is 47.0 Å². The normalized spacial score (nSPS) is 27.6. The quantitative estimate of drug-likeness (QED) is 0.466. The van der Waals surface area contributed by atoms with Gasteiger partial charge in [-0.1, -0.05) is 31.5 Å². The van der Waals surface area contributed by atoms with Gasteiger partial charge in [-0.05, 0) is 88.3 Å². The fourth-order valence-electron chi connectivity index (χ4n) is 6.11. The van der Waals surface area contributed by atoms with Crippen molar-refractivity contribution in [1.82, 2.24) is 10.2 Å². The predicted octanol–water partition coefficient (Wildman–Crippen LogP) is 6.15. The average Bonchev–Trinajstić information content (AvgIpc) is 3.51. The molecule has 0 aromatic heterocycles. The number of piperidine rings is 1. The topological polar surface area (TPSA) is 57.2 Å². The first kappa shape index (κ1) is 25.7. The molecule has 1 aliphatic carbocycles. The largest absolute Gasteiger partial charge is 0.491 e. The number of likely N-dealkylation sites (tertiary alicyclic amines) is 1. The van der Waals surface area contributed by atoms with E-state index in [1.54, 1.807) is 11.0 Å². The third kappa shape index (κ3) is 5.37. The van der Waals surface area contributed by atoms with E-state index >= 15 is 0 Å². The highest BCUT2D eigenvalue weighted by molar-refractivity contribution is 6.16. The van der Waals surface area contributed by atoms with Crippen molar-refractivity contribution in [3.63, 3.8) is 0 Å². The van der Waals surface area contributed by atoms with Gasteiger partial charge in [0.1, 0.15) is 22.9 Å². The summed E-state index contributed by atoms with van der Waals surface area (Å²) in [6, 6.07) is 14.9. The smallest absolute Gasteiger partial charge is 0.350 e. The van der Waals surface area contributed by atoms with Crippen LogP contribution in [0.25, 0.3) is 0 Å². The SMILES string of the molecule is CCCC1CC1NC1=NC(=O)N(c2cccc(F)c2)[C@@]12CCN(Cc1cccc(OC(C)C)c1)[C@@H](C)C2. The van der Waals surface area contributed by atoms with Gasteiger partial charge < -0.3 is 10.1 Å². The molecule has 3 aliphatic rings. The van der Waals surface area contributed by atoms with Crippen LogP contribution in [0.4, 0.5) is 14.9 Å². The minimum absolute atomic E-state index is 0.131. The van der Waals surface area contributed by atoms with Crippen LogP contribution in [0.3, 0.4) is 0 Å². The summed E-state index contributed by atoms with van der Waals surface area (Å²) in [6.07, 6.45) is 5.06. The van der Waals surface area contributed by atoms with Crippen molar-refractivity contribution >= 4 is 17.6 Å². The van der Waals surface area contributed by atoms with E-state index in [1.807, 2.05) is 32.0 Å². The van der Waals surface area contributed by atoms with E-state index in [1.165, 1.54) is 24.1 Å². The molecule has 2 aromatic carbocycles.